The van der Waals surface area contributed by atoms with Crippen molar-refractivity contribution in [3.63, 3.8) is 0 Å². The molecule has 0 aromatic carbocycles. The van der Waals surface area contributed by atoms with E-state index in [1.54, 1.807) is 0 Å². The fraction of sp³-hybridized carbons (Fsp3) is 0.714. The molecule has 5 nitrogen and oxygen atoms in total. The molecule has 5 N–H and O–H groups in total. The van der Waals surface area contributed by atoms with Crippen LogP contribution in [-0.4, -0.2) is 43.3 Å². The van der Waals surface area contributed by atoms with Crippen LogP contribution in [0.15, 0.2) is 11.5 Å². The van der Waals surface area contributed by atoms with Gasteiger partial charge < -0.3 is 25.5 Å². The Morgan fingerprint density at radius 1 is 1.33 bits per heavy atom. The van der Waals surface area contributed by atoms with Crippen molar-refractivity contribution in [1.29, 1.82) is 0 Å². The first-order valence-corrected chi connectivity index (χ1v) is 3.58. The predicted octanol–water partition coefficient (Wildman–Crippen LogP) is -0.810. The summed E-state index contributed by atoms with van der Waals surface area (Å²) >= 11 is 0. The third-order valence-corrected chi connectivity index (χ3v) is 2.13. The minimum absolute atomic E-state index is 0.192. The number of aliphatic hydroxyl groups excluding tert-OH is 4. The molecule has 0 saturated carbocycles. The fourth-order valence-corrected chi connectivity index (χ4v) is 1.13. The molecule has 70 valence electrons. The average molecular weight is 176 g/mol. The fourth-order valence-electron chi connectivity index (χ4n) is 1.13. The summed E-state index contributed by atoms with van der Waals surface area (Å²) in [5.41, 5.74) is -1.87. The largest absolute Gasteiger partial charge is 0.506 e. The molecule has 12 heavy (non-hydrogen) atoms. The van der Waals surface area contributed by atoms with Crippen LogP contribution in [0.3, 0.4) is 0 Å². The zero-order valence-corrected chi connectivity index (χ0v) is 6.60. The smallest absolute Gasteiger partial charge is 0.167 e. The maximum Gasteiger partial charge on any atom is 0.167 e. The van der Waals surface area contributed by atoms with Gasteiger partial charge in [-0.05, 0) is 6.92 Å². The lowest BCUT2D eigenvalue weighted by atomic mass is 9.85. The van der Waals surface area contributed by atoms with Crippen molar-refractivity contribution < 1.29 is 25.5 Å². The molecule has 2 unspecified atom stereocenters. The van der Waals surface area contributed by atoms with Crippen molar-refractivity contribution in [2.24, 2.45) is 0 Å². The first-order valence-electron chi connectivity index (χ1n) is 3.58. The first kappa shape index (κ1) is 9.31. The van der Waals surface area contributed by atoms with Crippen LogP contribution in [0.1, 0.15) is 13.3 Å². The summed E-state index contributed by atoms with van der Waals surface area (Å²) in [5, 5.41) is 45.7. The highest BCUT2D eigenvalue weighted by Crippen LogP contribution is 2.30. The van der Waals surface area contributed by atoms with Gasteiger partial charge in [-0.25, -0.2) is 0 Å². The van der Waals surface area contributed by atoms with Gasteiger partial charge in [-0.3, -0.25) is 0 Å². The third-order valence-electron chi connectivity index (χ3n) is 2.13. The summed E-state index contributed by atoms with van der Waals surface area (Å²) in [6.07, 6.45) is -2.77. The first-order chi connectivity index (χ1) is 5.37. The van der Waals surface area contributed by atoms with Gasteiger partial charge >= 0.3 is 0 Å². The van der Waals surface area contributed by atoms with E-state index < -0.39 is 29.3 Å². The van der Waals surface area contributed by atoms with E-state index in [2.05, 4.69) is 0 Å². The zero-order chi connectivity index (χ0) is 9.52. The van der Waals surface area contributed by atoms with Crippen molar-refractivity contribution in [3.05, 3.63) is 11.5 Å². The van der Waals surface area contributed by atoms with Crippen LogP contribution >= 0.6 is 0 Å². The molecule has 0 aromatic heterocycles. The second-order valence-electron chi connectivity index (χ2n) is 3.15. The van der Waals surface area contributed by atoms with Gasteiger partial charge in [0, 0.05) is 6.42 Å². The number of rotatable bonds is 0. The minimum Gasteiger partial charge on any atom is -0.506 e. The zero-order valence-electron chi connectivity index (χ0n) is 6.60. The maximum absolute atomic E-state index is 9.37. The molecule has 0 heterocycles. The maximum atomic E-state index is 9.37. The summed E-state index contributed by atoms with van der Waals surface area (Å²) in [6.45, 7) is 1.16. The highest BCUT2D eigenvalue weighted by molar-refractivity contribution is 5.21. The predicted molar refractivity (Wildman–Crippen MR) is 39.5 cm³/mol. The highest BCUT2D eigenvalue weighted by atomic mass is 16.4. The molecular formula is C7H12O5. The lowest BCUT2D eigenvalue weighted by Gasteiger charge is -2.34. The van der Waals surface area contributed by atoms with Crippen molar-refractivity contribution in [1.82, 2.24) is 0 Å². The molecule has 1 aliphatic carbocycles. The standard InChI is InChI=1S/C7H12O5/c1-7(12)4(9)2-3(8)5(10)6(7)11/h3-4,8-12H,2H2,1H3/t3-,4?,7?/m1/s1. The molecule has 0 aliphatic heterocycles. The Hall–Kier alpha value is -0.780. The van der Waals surface area contributed by atoms with Gasteiger partial charge in [-0.2, -0.15) is 0 Å². The average Bonchev–Trinajstić information content (AvgIpc) is 1.99. The second-order valence-corrected chi connectivity index (χ2v) is 3.15. The molecule has 0 spiro atoms. The summed E-state index contributed by atoms with van der Waals surface area (Å²) in [4.78, 5) is 0. The van der Waals surface area contributed by atoms with Crippen molar-refractivity contribution in [2.75, 3.05) is 0 Å². The van der Waals surface area contributed by atoms with Gasteiger partial charge in [0.2, 0.25) is 0 Å². The van der Waals surface area contributed by atoms with Crippen LogP contribution in [-0.2, 0) is 0 Å². The summed E-state index contributed by atoms with van der Waals surface area (Å²) in [5.74, 6) is -1.45. The molecular weight excluding hydrogens is 164 g/mol. The van der Waals surface area contributed by atoms with Crippen LogP contribution in [0, 0.1) is 0 Å². The Labute approximate surface area is 69.2 Å². The van der Waals surface area contributed by atoms with E-state index in [9.17, 15) is 10.2 Å². The Morgan fingerprint density at radius 2 is 1.83 bits per heavy atom. The van der Waals surface area contributed by atoms with Crippen LogP contribution < -0.4 is 0 Å². The summed E-state index contributed by atoms with van der Waals surface area (Å²) < 4.78 is 0. The third kappa shape index (κ3) is 1.16. The molecule has 1 aliphatic rings. The van der Waals surface area contributed by atoms with Crippen molar-refractivity contribution in [3.8, 4) is 0 Å². The monoisotopic (exact) mass is 176 g/mol. The van der Waals surface area contributed by atoms with Gasteiger partial charge in [-0.15, -0.1) is 0 Å². The topological polar surface area (TPSA) is 101 Å². The Morgan fingerprint density at radius 3 is 2.33 bits per heavy atom. The van der Waals surface area contributed by atoms with E-state index in [0.717, 1.165) is 6.92 Å². The molecule has 0 saturated heterocycles. The van der Waals surface area contributed by atoms with Crippen LogP contribution in [0.25, 0.3) is 0 Å². The number of hydrogen-bond acceptors (Lipinski definition) is 5. The van der Waals surface area contributed by atoms with E-state index in [0.29, 0.717) is 0 Å². The number of aliphatic hydroxyl groups is 5. The molecule has 0 amide bonds. The molecule has 0 fully saturated rings. The van der Waals surface area contributed by atoms with Gasteiger partial charge in [0.1, 0.15) is 11.7 Å². The quantitative estimate of drug-likeness (QED) is 0.332. The minimum atomic E-state index is -1.87. The normalized spacial score (nSPS) is 43.3. The Bertz CT molecular complexity index is 220. The lowest BCUT2D eigenvalue weighted by molar-refractivity contribution is -0.0976. The summed E-state index contributed by atoms with van der Waals surface area (Å²) in [6, 6.07) is 0. The van der Waals surface area contributed by atoms with Gasteiger partial charge in [0.25, 0.3) is 0 Å². The van der Waals surface area contributed by atoms with Crippen LogP contribution in [0.2, 0.25) is 0 Å². The molecule has 3 atom stereocenters. The van der Waals surface area contributed by atoms with E-state index in [-0.39, 0.29) is 6.42 Å². The van der Waals surface area contributed by atoms with E-state index in [4.69, 9.17) is 15.3 Å². The van der Waals surface area contributed by atoms with Crippen LogP contribution in [0.5, 0.6) is 0 Å². The van der Waals surface area contributed by atoms with Crippen LogP contribution in [0.4, 0.5) is 0 Å². The van der Waals surface area contributed by atoms with E-state index in [1.807, 2.05) is 0 Å². The lowest BCUT2D eigenvalue weighted by Crippen LogP contribution is -2.48. The molecule has 1 rings (SSSR count). The number of hydrogen-bond donors (Lipinski definition) is 5. The van der Waals surface area contributed by atoms with Gasteiger partial charge in [-0.1, -0.05) is 0 Å². The molecule has 0 radical (unpaired) electrons. The Balaban J connectivity index is 3.07. The van der Waals surface area contributed by atoms with Gasteiger partial charge in [0.05, 0.1) is 6.10 Å². The van der Waals surface area contributed by atoms with E-state index in [1.165, 1.54) is 0 Å². The molecule has 0 bridgehead atoms. The SMILES string of the molecule is CC1(O)C(O)=C(O)[C@H](O)CC1O. The van der Waals surface area contributed by atoms with Crippen molar-refractivity contribution >= 4 is 0 Å². The van der Waals surface area contributed by atoms with Crippen molar-refractivity contribution in [2.45, 2.75) is 31.2 Å². The highest BCUT2D eigenvalue weighted by Gasteiger charge is 2.44. The molecule has 0 aromatic rings. The van der Waals surface area contributed by atoms with E-state index >= 15 is 0 Å². The summed E-state index contributed by atoms with van der Waals surface area (Å²) in [7, 11) is 0. The molecule has 5 heteroatoms. The second kappa shape index (κ2) is 2.62. The van der Waals surface area contributed by atoms with Gasteiger partial charge in [0.15, 0.2) is 11.5 Å². The Kier molecular flexibility index (Phi) is 2.03.